The fourth-order valence-corrected chi connectivity index (χ4v) is 3.68. The van der Waals surface area contributed by atoms with Gasteiger partial charge in [0.05, 0.1) is 18.0 Å². The van der Waals surface area contributed by atoms with Crippen LogP contribution in [0.15, 0.2) is 47.4 Å². The second-order valence-corrected chi connectivity index (χ2v) is 6.86. The third-order valence-corrected chi connectivity index (χ3v) is 5.08. The zero-order valence-electron chi connectivity index (χ0n) is 13.0. The largest absolute Gasteiger partial charge is 0.317 e. The van der Waals surface area contributed by atoms with Crippen LogP contribution >= 0.6 is 11.8 Å². The van der Waals surface area contributed by atoms with E-state index in [1.54, 1.807) is 6.08 Å². The lowest BCUT2D eigenvalue weighted by Gasteiger charge is -2.26. The predicted molar refractivity (Wildman–Crippen MR) is 92.8 cm³/mol. The molecule has 2 amide bonds. The number of nitrogens with one attached hydrogen (secondary N) is 1. The Kier molecular flexibility index (Phi) is 5.31. The molecule has 5 heteroatoms. The van der Waals surface area contributed by atoms with Gasteiger partial charge >= 0.3 is 0 Å². The molecule has 0 spiro atoms. The van der Waals surface area contributed by atoms with Crippen molar-refractivity contribution in [1.29, 1.82) is 0 Å². The maximum absolute atomic E-state index is 12.4. The van der Waals surface area contributed by atoms with E-state index in [2.05, 4.69) is 0 Å². The first-order chi connectivity index (χ1) is 11.2. The molecule has 2 aliphatic rings. The van der Waals surface area contributed by atoms with Gasteiger partial charge in [-0.2, -0.15) is 0 Å². The number of carbonyl (C=O) groups is 2. The van der Waals surface area contributed by atoms with Gasteiger partial charge < -0.3 is 4.90 Å². The smallest absolute Gasteiger partial charge is 0.298 e. The van der Waals surface area contributed by atoms with Crippen LogP contribution in [-0.4, -0.2) is 35.8 Å². The molecule has 2 fully saturated rings. The third kappa shape index (κ3) is 4.12. The van der Waals surface area contributed by atoms with Crippen LogP contribution in [0.1, 0.15) is 24.8 Å². The first kappa shape index (κ1) is 16.0. The minimum Gasteiger partial charge on any atom is -0.317 e. The molecule has 0 aromatic heterocycles. The highest BCUT2D eigenvalue weighted by atomic mass is 32.2. The molecule has 0 saturated carbocycles. The van der Waals surface area contributed by atoms with Crippen LogP contribution in [0.25, 0.3) is 6.08 Å². The summed E-state index contributed by atoms with van der Waals surface area (Å²) in [5.41, 5.74) is 1.07. The zero-order valence-corrected chi connectivity index (χ0v) is 13.8. The molecule has 0 bridgehead atoms. The number of amides is 2. The number of quaternary nitrogens is 1. The molecule has 0 unspecified atom stereocenters. The third-order valence-electron chi connectivity index (χ3n) is 4.15. The molecule has 0 radical (unpaired) electrons. The fourth-order valence-electron chi connectivity index (χ4n) is 2.89. The van der Waals surface area contributed by atoms with Crippen LogP contribution < -0.4 is 4.90 Å². The van der Waals surface area contributed by atoms with Crippen molar-refractivity contribution in [2.45, 2.75) is 19.3 Å². The van der Waals surface area contributed by atoms with Crippen molar-refractivity contribution < 1.29 is 14.5 Å². The van der Waals surface area contributed by atoms with E-state index in [0.29, 0.717) is 11.6 Å². The van der Waals surface area contributed by atoms with E-state index in [1.165, 1.54) is 29.1 Å². The molecule has 1 aromatic rings. The van der Waals surface area contributed by atoms with Crippen molar-refractivity contribution in [3.05, 3.63) is 53.0 Å². The van der Waals surface area contributed by atoms with Gasteiger partial charge in [0.1, 0.15) is 0 Å². The summed E-state index contributed by atoms with van der Waals surface area (Å²) >= 11 is 1.04. The van der Waals surface area contributed by atoms with Gasteiger partial charge in [0.15, 0.2) is 6.67 Å². The lowest BCUT2D eigenvalue weighted by Crippen LogP contribution is -3.14. The molecular formula is C18H21N2O2S+. The number of hydrogen-bond acceptors (Lipinski definition) is 3. The average Bonchev–Trinajstić information content (AvgIpc) is 2.85. The molecule has 2 saturated heterocycles. The molecule has 23 heavy (non-hydrogen) atoms. The van der Waals surface area contributed by atoms with Gasteiger partial charge in [-0.05, 0) is 42.7 Å². The van der Waals surface area contributed by atoms with Gasteiger partial charge in [-0.1, -0.05) is 42.5 Å². The summed E-state index contributed by atoms with van der Waals surface area (Å²) in [6.07, 6.45) is 9.13. The lowest BCUT2D eigenvalue weighted by atomic mass is 10.1. The molecule has 0 aliphatic carbocycles. The summed E-state index contributed by atoms with van der Waals surface area (Å²) in [6, 6.07) is 9.89. The summed E-state index contributed by atoms with van der Waals surface area (Å²) < 4.78 is 0. The van der Waals surface area contributed by atoms with Gasteiger partial charge in [-0.15, -0.1) is 0 Å². The second kappa shape index (κ2) is 7.62. The monoisotopic (exact) mass is 329 g/mol. The molecular weight excluding hydrogens is 308 g/mol. The standard InChI is InChI=1S/C18H20N2O2S/c21-17-16(11-7-10-15-8-3-1-4-9-15)23-18(22)20(17)14-19-12-5-2-6-13-19/h1,3-4,7-11H,2,5-6,12-14H2/p+1/b10-7+,16-11-. The van der Waals surface area contributed by atoms with E-state index in [9.17, 15) is 9.59 Å². The highest BCUT2D eigenvalue weighted by molar-refractivity contribution is 8.18. The first-order valence-electron chi connectivity index (χ1n) is 8.05. The van der Waals surface area contributed by atoms with E-state index in [4.69, 9.17) is 0 Å². The minimum atomic E-state index is -0.157. The summed E-state index contributed by atoms with van der Waals surface area (Å²) in [6.45, 7) is 2.60. The first-order valence-corrected chi connectivity index (χ1v) is 8.86. The molecule has 0 atom stereocenters. The minimum absolute atomic E-state index is 0.146. The Balaban J connectivity index is 1.63. The maximum Gasteiger partial charge on any atom is 0.298 e. The van der Waals surface area contributed by atoms with Gasteiger partial charge in [0.25, 0.3) is 11.1 Å². The topological polar surface area (TPSA) is 41.8 Å². The summed E-state index contributed by atoms with van der Waals surface area (Å²) in [5.74, 6) is -0.157. The van der Waals surface area contributed by atoms with Crippen LogP contribution in [0.3, 0.4) is 0 Å². The molecule has 1 aromatic carbocycles. The van der Waals surface area contributed by atoms with Crippen molar-refractivity contribution in [1.82, 2.24) is 4.90 Å². The molecule has 1 N–H and O–H groups in total. The Morgan fingerprint density at radius 2 is 1.83 bits per heavy atom. The molecule has 120 valence electrons. The Labute approximate surface area is 140 Å². The number of piperidine rings is 1. The normalized spacial score (nSPS) is 21.7. The quantitative estimate of drug-likeness (QED) is 0.862. The van der Waals surface area contributed by atoms with E-state index < -0.39 is 0 Å². The zero-order chi connectivity index (χ0) is 16.1. The van der Waals surface area contributed by atoms with Gasteiger partial charge in [0.2, 0.25) is 0 Å². The van der Waals surface area contributed by atoms with Crippen LogP contribution in [0.5, 0.6) is 0 Å². The number of carbonyl (C=O) groups excluding carboxylic acids is 2. The number of likely N-dealkylation sites (tertiary alicyclic amines) is 1. The summed E-state index contributed by atoms with van der Waals surface area (Å²) in [7, 11) is 0. The molecule has 2 aliphatic heterocycles. The predicted octanol–water partition coefficient (Wildman–Crippen LogP) is 2.31. The van der Waals surface area contributed by atoms with Crippen LogP contribution in [0, 0.1) is 0 Å². The molecule has 4 nitrogen and oxygen atoms in total. The lowest BCUT2D eigenvalue weighted by molar-refractivity contribution is -0.912. The Bertz CT molecular complexity index is 634. The summed E-state index contributed by atoms with van der Waals surface area (Å²) in [5, 5.41) is -0.146. The van der Waals surface area contributed by atoms with E-state index in [-0.39, 0.29) is 11.1 Å². The average molecular weight is 329 g/mol. The number of thioether (sulfide) groups is 1. The fraction of sp³-hybridized carbons (Fsp3) is 0.333. The number of benzene rings is 1. The number of imide groups is 1. The Hall–Kier alpha value is -1.85. The Morgan fingerprint density at radius 1 is 1.09 bits per heavy atom. The SMILES string of the molecule is O=C1S/C(=C\C=C\c2ccccc2)C(=O)N1C[NH+]1CCCCC1. The molecule has 3 rings (SSSR count). The van der Waals surface area contributed by atoms with Crippen molar-refractivity contribution in [2.75, 3.05) is 19.8 Å². The van der Waals surface area contributed by atoms with Gasteiger partial charge in [0, 0.05) is 0 Å². The van der Waals surface area contributed by atoms with Crippen LogP contribution in [0.2, 0.25) is 0 Å². The van der Waals surface area contributed by atoms with Gasteiger partial charge in [-0.3, -0.25) is 9.59 Å². The number of allylic oxidation sites excluding steroid dienone is 2. The van der Waals surface area contributed by atoms with Crippen molar-refractivity contribution in [2.24, 2.45) is 0 Å². The second-order valence-electron chi connectivity index (χ2n) is 5.87. The van der Waals surface area contributed by atoms with Crippen LogP contribution in [-0.2, 0) is 4.79 Å². The van der Waals surface area contributed by atoms with E-state index in [0.717, 1.165) is 30.4 Å². The number of nitrogens with zero attached hydrogens (tertiary/aromatic N) is 1. The number of hydrogen-bond donors (Lipinski definition) is 1. The maximum atomic E-state index is 12.4. The highest BCUT2D eigenvalue weighted by Gasteiger charge is 2.37. The van der Waals surface area contributed by atoms with Crippen LogP contribution in [0.4, 0.5) is 4.79 Å². The van der Waals surface area contributed by atoms with Crippen molar-refractivity contribution in [3.8, 4) is 0 Å². The number of rotatable bonds is 4. The van der Waals surface area contributed by atoms with E-state index >= 15 is 0 Å². The Morgan fingerprint density at radius 3 is 2.57 bits per heavy atom. The van der Waals surface area contributed by atoms with Crippen molar-refractivity contribution in [3.63, 3.8) is 0 Å². The van der Waals surface area contributed by atoms with Crippen molar-refractivity contribution >= 4 is 29.0 Å². The van der Waals surface area contributed by atoms with Gasteiger partial charge in [-0.25, -0.2) is 4.90 Å². The van der Waals surface area contributed by atoms with E-state index in [1.807, 2.05) is 42.5 Å². The molecule has 2 heterocycles. The highest BCUT2D eigenvalue weighted by Crippen LogP contribution is 2.29. The summed E-state index contributed by atoms with van der Waals surface area (Å²) in [4.78, 5) is 27.7.